The van der Waals surface area contributed by atoms with Gasteiger partial charge in [-0.25, -0.2) is 9.59 Å². The number of esters is 4. The zero-order chi connectivity index (χ0) is 47.4. The Morgan fingerprint density at radius 3 is 1.95 bits per heavy atom. The third kappa shape index (κ3) is 10.6. The fourth-order valence-corrected chi connectivity index (χ4v) is 9.33. The van der Waals surface area contributed by atoms with Crippen LogP contribution in [0.25, 0.3) is 0 Å². The molecule has 8 N–H and O–H groups in total. The number of allylic oxidation sites excluding steroid dienone is 2. The second-order valence-corrected chi connectivity index (χ2v) is 17.0. The first-order valence-electron chi connectivity index (χ1n) is 21.5. The van der Waals surface area contributed by atoms with E-state index in [1.165, 1.54) is 6.08 Å². The van der Waals surface area contributed by atoms with Gasteiger partial charge in [-0.15, -0.1) is 0 Å². The Morgan fingerprint density at radius 1 is 0.831 bits per heavy atom. The number of carbonyl (C=O) groups excluding carboxylic acids is 4. The summed E-state index contributed by atoms with van der Waals surface area (Å²) in [6, 6.07) is 0. The van der Waals surface area contributed by atoms with Gasteiger partial charge in [0.05, 0.1) is 70.0 Å². The Kier molecular flexibility index (Phi) is 16.8. The highest BCUT2D eigenvalue weighted by molar-refractivity contribution is 5.91. The van der Waals surface area contributed by atoms with Gasteiger partial charge in [0.25, 0.3) is 0 Å². The van der Waals surface area contributed by atoms with Crippen LogP contribution < -0.4 is 0 Å². The van der Waals surface area contributed by atoms with Crippen LogP contribution >= 0.6 is 0 Å². The Hall–Kier alpha value is -4.04. The molecule has 19 atom stereocenters. The van der Waals surface area contributed by atoms with Crippen molar-refractivity contribution < 1.29 is 107 Å². The van der Waals surface area contributed by atoms with E-state index in [1.807, 2.05) is 13.8 Å². The Bertz CT molecular complexity index is 1840. The van der Waals surface area contributed by atoms with Gasteiger partial charge < -0.3 is 88.2 Å². The van der Waals surface area contributed by atoms with E-state index >= 15 is 0 Å². The first-order valence-corrected chi connectivity index (χ1v) is 21.5. The zero-order valence-electron chi connectivity index (χ0n) is 36.5. The van der Waals surface area contributed by atoms with E-state index in [9.17, 15) is 60.0 Å². The summed E-state index contributed by atoms with van der Waals surface area (Å²) in [6.45, 7) is 5.37. The van der Waals surface area contributed by atoms with Crippen molar-refractivity contribution >= 4 is 23.9 Å². The highest BCUT2D eigenvalue weighted by atomic mass is 16.8. The molecule has 6 aliphatic rings. The second kappa shape index (κ2) is 21.7. The molecule has 0 unspecified atom stereocenters. The minimum absolute atomic E-state index is 0.00501. The maximum atomic E-state index is 13.9. The predicted molar refractivity (Wildman–Crippen MR) is 213 cm³/mol. The number of carbonyl (C=O) groups is 4. The van der Waals surface area contributed by atoms with E-state index in [-0.39, 0.29) is 65.6 Å². The van der Waals surface area contributed by atoms with E-state index in [0.29, 0.717) is 6.42 Å². The summed E-state index contributed by atoms with van der Waals surface area (Å²) in [7, 11) is 1.15. The molecule has 22 nitrogen and oxygen atoms in total. The molecular weight excluding hydrogens is 868 g/mol. The molecule has 65 heavy (non-hydrogen) atoms. The standard InChI is InChI=1S/C43H60O22/c1-6-19-22(25(38(54)56-5)15-59-40(19)64-42-36(52)34(50)32(48)28(11-44)62-42)9-30(46)57-13-17(3)21-8-27-18(4)24(21)14-58-31(47)10-23-20(7-2)41(60-16-26(23)39(55)61-27)65-43-37(53)35(51)33(49)29(12-45)63-43/h6-7,15-18,21-24,27-29,32-37,40-45,48-53H,8-14H2,1-5H3/b19-6+,20-7+/t17-,18-,21+,22+,23+,24-,27-,28-,29-,32-,33-,34+,35+,36-,37-,40+,41+,42+,43+/m1/s1. The van der Waals surface area contributed by atoms with Gasteiger partial charge >= 0.3 is 23.9 Å². The lowest BCUT2D eigenvalue weighted by Crippen LogP contribution is -2.60. The van der Waals surface area contributed by atoms with Crippen molar-refractivity contribution in [2.45, 2.75) is 127 Å². The third-order valence-electron chi connectivity index (χ3n) is 13.3. The number of aliphatic hydroxyl groups is 8. The molecule has 0 aromatic rings. The molecule has 3 saturated heterocycles. The molecule has 364 valence electrons. The van der Waals surface area contributed by atoms with Gasteiger partial charge in [-0.05, 0) is 38.0 Å². The summed E-state index contributed by atoms with van der Waals surface area (Å²) in [5, 5.41) is 81.3. The Balaban J connectivity index is 1.11. The SMILES string of the molecule is C/C=C1/[C@H](O[C@@H]2O[C@H](CO)[C@@H](O)[C@H](O)[C@H]2O)OC=C(C(=O)OC)[C@H]1CC(=O)OC[C@@H](C)[C@@H]1C[C@H]2OC(=O)C3=CO[C@@H](O[C@@H]4O[C@H](CO)[C@@H](O)[C@H](O)[C@H]4O)/C(=C/C)[C@@H]3CC(=O)OC[C@@H]1[C@H]2C. The molecule has 22 heteroatoms. The lowest BCUT2D eigenvalue weighted by atomic mass is 9.83. The van der Waals surface area contributed by atoms with Crippen LogP contribution in [0.4, 0.5) is 0 Å². The minimum atomic E-state index is -1.76. The molecule has 0 aromatic heterocycles. The molecule has 1 saturated carbocycles. The number of aliphatic hydroxyl groups excluding tert-OH is 8. The van der Waals surface area contributed by atoms with Crippen LogP contribution in [0.1, 0.15) is 47.0 Å². The predicted octanol–water partition coefficient (Wildman–Crippen LogP) is -1.90. The maximum absolute atomic E-state index is 13.9. The molecule has 2 bridgehead atoms. The number of ether oxygens (including phenoxy) is 10. The van der Waals surface area contributed by atoms with Gasteiger partial charge in [-0.3, -0.25) is 9.59 Å². The number of rotatable bonds is 12. The fourth-order valence-electron chi connectivity index (χ4n) is 9.33. The molecule has 0 aromatic carbocycles. The van der Waals surface area contributed by atoms with Gasteiger partial charge in [0.2, 0.25) is 12.6 Å². The highest BCUT2D eigenvalue weighted by Crippen LogP contribution is 2.46. The lowest BCUT2D eigenvalue weighted by Gasteiger charge is -2.42. The van der Waals surface area contributed by atoms with Gasteiger partial charge in [-0.2, -0.15) is 0 Å². The molecule has 0 amide bonds. The normalized spacial score (nSPS) is 41.6. The zero-order valence-corrected chi connectivity index (χ0v) is 36.5. The number of methoxy groups -OCH3 is 1. The summed E-state index contributed by atoms with van der Waals surface area (Å²) < 4.78 is 56.6. The van der Waals surface area contributed by atoms with Gasteiger partial charge in [0.15, 0.2) is 12.6 Å². The molecular formula is C43H60O22. The minimum Gasteiger partial charge on any atom is -0.468 e. The van der Waals surface area contributed by atoms with Crippen LogP contribution in [0.5, 0.6) is 0 Å². The van der Waals surface area contributed by atoms with Crippen LogP contribution in [-0.4, -0.2) is 178 Å². The maximum Gasteiger partial charge on any atom is 0.338 e. The van der Waals surface area contributed by atoms with Crippen LogP contribution in [0.3, 0.4) is 0 Å². The summed E-state index contributed by atoms with van der Waals surface area (Å²) in [4.78, 5) is 53.9. The van der Waals surface area contributed by atoms with Crippen molar-refractivity contribution in [2.24, 2.45) is 35.5 Å². The van der Waals surface area contributed by atoms with Gasteiger partial charge in [0.1, 0.15) is 54.9 Å². The molecule has 5 heterocycles. The second-order valence-electron chi connectivity index (χ2n) is 17.0. The Morgan fingerprint density at radius 2 is 1.40 bits per heavy atom. The summed E-state index contributed by atoms with van der Waals surface area (Å²) >= 11 is 0. The monoisotopic (exact) mass is 928 g/mol. The van der Waals surface area contributed by atoms with Crippen molar-refractivity contribution in [3.05, 3.63) is 47.0 Å². The number of hydrogen-bond acceptors (Lipinski definition) is 22. The topological polar surface area (TPSA) is 322 Å². The fraction of sp³-hybridized carbons (Fsp3) is 0.721. The van der Waals surface area contributed by atoms with Gasteiger partial charge in [-0.1, -0.05) is 26.0 Å². The number of cyclic esters (lactones) is 1. The number of hydrogen-bond donors (Lipinski definition) is 8. The van der Waals surface area contributed by atoms with Crippen LogP contribution in [0.2, 0.25) is 0 Å². The molecule has 1 aliphatic carbocycles. The third-order valence-corrected chi connectivity index (χ3v) is 13.3. The van der Waals surface area contributed by atoms with E-state index in [4.69, 9.17) is 47.4 Å². The molecule has 0 radical (unpaired) electrons. The smallest absolute Gasteiger partial charge is 0.338 e. The number of fused-ring (bicyclic) bond motifs is 3. The van der Waals surface area contributed by atoms with E-state index < -0.39 is 135 Å². The summed E-state index contributed by atoms with van der Waals surface area (Å²) in [6.07, 6.45) is -14.4. The summed E-state index contributed by atoms with van der Waals surface area (Å²) in [5.41, 5.74) is 0.476. The lowest BCUT2D eigenvalue weighted by molar-refractivity contribution is -0.327. The average Bonchev–Trinajstić information content (AvgIpc) is 3.60. The van der Waals surface area contributed by atoms with Crippen LogP contribution in [-0.2, 0) is 66.5 Å². The van der Waals surface area contributed by atoms with Crippen LogP contribution in [0.15, 0.2) is 47.0 Å². The van der Waals surface area contributed by atoms with Crippen molar-refractivity contribution in [3.63, 3.8) is 0 Å². The van der Waals surface area contributed by atoms with Crippen LogP contribution in [0, 0.1) is 35.5 Å². The van der Waals surface area contributed by atoms with Crippen molar-refractivity contribution in [3.8, 4) is 0 Å². The average molecular weight is 929 g/mol. The van der Waals surface area contributed by atoms with E-state index in [0.717, 1.165) is 19.6 Å². The van der Waals surface area contributed by atoms with Gasteiger partial charge in [0, 0.05) is 28.9 Å². The molecule has 6 rings (SSSR count). The quantitative estimate of drug-likeness (QED) is 0.0602. The van der Waals surface area contributed by atoms with E-state index in [2.05, 4.69) is 0 Å². The van der Waals surface area contributed by atoms with Crippen molar-refractivity contribution in [1.29, 1.82) is 0 Å². The molecule has 0 spiro atoms. The molecule has 4 fully saturated rings. The molecule has 5 aliphatic heterocycles. The van der Waals surface area contributed by atoms with Crippen molar-refractivity contribution in [1.82, 2.24) is 0 Å². The first-order chi connectivity index (χ1) is 31.0. The summed E-state index contributed by atoms with van der Waals surface area (Å²) in [5.74, 6) is -6.18. The van der Waals surface area contributed by atoms with Crippen molar-refractivity contribution in [2.75, 3.05) is 33.5 Å². The highest BCUT2D eigenvalue weighted by Gasteiger charge is 2.51. The first kappa shape index (κ1) is 50.4. The largest absolute Gasteiger partial charge is 0.468 e. The van der Waals surface area contributed by atoms with E-state index in [1.54, 1.807) is 19.9 Å². The Labute approximate surface area is 373 Å².